The summed E-state index contributed by atoms with van der Waals surface area (Å²) in [4.78, 5) is 0. The third kappa shape index (κ3) is 12.9. The number of hydrogen-bond acceptors (Lipinski definition) is 3. The second-order valence-corrected chi connectivity index (χ2v) is 6.22. The van der Waals surface area contributed by atoms with Crippen molar-refractivity contribution in [3.05, 3.63) is 0 Å². The second kappa shape index (κ2) is 13.8. The summed E-state index contributed by atoms with van der Waals surface area (Å²) in [5.41, 5.74) is 0. The Hall–Kier alpha value is -0.120. The molecule has 0 fully saturated rings. The highest BCUT2D eigenvalue weighted by Gasteiger charge is 2.14. The van der Waals surface area contributed by atoms with Crippen molar-refractivity contribution < 1.29 is 10.2 Å². The fourth-order valence-electron chi connectivity index (χ4n) is 2.51. The van der Waals surface area contributed by atoms with Gasteiger partial charge in [-0.2, -0.15) is 0 Å². The first-order valence-corrected chi connectivity index (χ1v) is 8.67. The predicted molar refractivity (Wildman–Crippen MR) is 87.0 cm³/mol. The van der Waals surface area contributed by atoms with Crippen molar-refractivity contribution in [1.29, 1.82) is 0 Å². The lowest BCUT2D eigenvalue weighted by molar-refractivity contribution is 0.121. The number of nitrogens with one attached hydrogen (secondary N) is 1. The highest BCUT2D eigenvalue weighted by molar-refractivity contribution is 4.73. The van der Waals surface area contributed by atoms with Crippen molar-refractivity contribution in [2.45, 2.75) is 103 Å². The van der Waals surface area contributed by atoms with E-state index < -0.39 is 0 Å². The molecule has 3 heteroatoms. The molecule has 3 nitrogen and oxygen atoms in total. The SMILES string of the molecule is CCCCCCCCCCCC(NCC(C)O)C(C)O. The topological polar surface area (TPSA) is 52.5 Å². The summed E-state index contributed by atoms with van der Waals surface area (Å²) in [7, 11) is 0. The molecule has 0 rings (SSSR count). The smallest absolute Gasteiger partial charge is 0.0665 e. The van der Waals surface area contributed by atoms with E-state index in [2.05, 4.69) is 12.2 Å². The van der Waals surface area contributed by atoms with E-state index in [1.54, 1.807) is 6.92 Å². The molecule has 20 heavy (non-hydrogen) atoms. The standard InChI is InChI=1S/C17H37NO2/c1-4-5-6-7-8-9-10-11-12-13-17(16(3)20)18-14-15(2)19/h15-20H,4-14H2,1-3H3. The summed E-state index contributed by atoms with van der Waals surface area (Å²) in [6, 6.07) is 0.120. The van der Waals surface area contributed by atoms with Gasteiger partial charge in [-0.15, -0.1) is 0 Å². The van der Waals surface area contributed by atoms with Crippen LogP contribution in [0, 0.1) is 0 Å². The highest BCUT2D eigenvalue weighted by atomic mass is 16.3. The van der Waals surface area contributed by atoms with E-state index in [0.717, 1.165) is 12.8 Å². The van der Waals surface area contributed by atoms with Crippen LogP contribution in [0.2, 0.25) is 0 Å². The van der Waals surface area contributed by atoms with Gasteiger partial charge in [-0.3, -0.25) is 0 Å². The summed E-state index contributed by atoms with van der Waals surface area (Å²) in [5, 5.41) is 22.2. The van der Waals surface area contributed by atoms with E-state index in [9.17, 15) is 10.2 Å². The van der Waals surface area contributed by atoms with E-state index in [1.807, 2.05) is 6.92 Å². The molecule has 0 aromatic carbocycles. The van der Waals surface area contributed by atoms with Crippen LogP contribution < -0.4 is 5.32 Å². The van der Waals surface area contributed by atoms with E-state index in [-0.39, 0.29) is 18.2 Å². The Morgan fingerprint density at radius 2 is 1.30 bits per heavy atom. The fraction of sp³-hybridized carbons (Fsp3) is 1.00. The van der Waals surface area contributed by atoms with E-state index in [1.165, 1.54) is 51.4 Å². The zero-order chi connectivity index (χ0) is 15.2. The molecule has 122 valence electrons. The first-order valence-electron chi connectivity index (χ1n) is 8.67. The Morgan fingerprint density at radius 1 is 0.800 bits per heavy atom. The van der Waals surface area contributed by atoms with E-state index in [0.29, 0.717) is 6.54 Å². The highest BCUT2D eigenvalue weighted by Crippen LogP contribution is 2.12. The number of unbranched alkanes of at least 4 members (excludes halogenated alkanes) is 8. The lowest BCUT2D eigenvalue weighted by Gasteiger charge is -2.22. The predicted octanol–water partition coefficient (Wildman–Crippen LogP) is 3.63. The number of rotatable bonds is 14. The summed E-state index contributed by atoms with van der Waals surface area (Å²) < 4.78 is 0. The van der Waals surface area contributed by atoms with Gasteiger partial charge >= 0.3 is 0 Å². The minimum atomic E-state index is -0.348. The second-order valence-electron chi connectivity index (χ2n) is 6.22. The molecule has 0 aromatic heterocycles. The maximum absolute atomic E-state index is 9.70. The first-order chi connectivity index (χ1) is 9.57. The molecule has 0 saturated heterocycles. The van der Waals surface area contributed by atoms with Crippen molar-refractivity contribution in [3.8, 4) is 0 Å². The minimum absolute atomic E-state index is 0.120. The van der Waals surface area contributed by atoms with Crippen molar-refractivity contribution in [1.82, 2.24) is 5.32 Å². The number of aliphatic hydroxyl groups is 2. The van der Waals surface area contributed by atoms with Crippen molar-refractivity contribution >= 4 is 0 Å². The normalized spacial score (nSPS) is 16.1. The molecule has 0 bridgehead atoms. The van der Waals surface area contributed by atoms with Gasteiger partial charge in [0.05, 0.1) is 12.2 Å². The van der Waals surface area contributed by atoms with Crippen LogP contribution >= 0.6 is 0 Å². The molecule has 0 heterocycles. The van der Waals surface area contributed by atoms with Crippen LogP contribution in [0.4, 0.5) is 0 Å². The van der Waals surface area contributed by atoms with Gasteiger partial charge in [0.1, 0.15) is 0 Å². The van der Waals surface area contributed by atoms with Gasteiger partial charge in [0.25, 0.3) is 0 Å². The maximum Gasteiger partial charge on any atom is 0.0665 e. The Labute approximate surface area is 126 Å². The summed E-state index contributed by atoms with van der Waals surface area (Å²) >= 11 is 0. The molecular formula is C17H37NO2. The van der Waals surface area contributed by atoms with Gasteiger partial charge < -0.3 is 15.5 Å². The molecule has 0 aromatic rings. The summed E-state index contributed by atoms with van der Waals surface area (Å²) in [5.74, 6) is 0. The fourth-order valence-corrected chi connectivity index (χ4v) is 2.51. The van der Waals surface area contributed by atoms with Crippen molar-refractivity contribution in [2.75, 3.05) is 6.54 Å². The molecular weight excluding hydrogens is 250 g/mol. The van der Waals surface area contributed by atoms with Crippen molar-refractivity contribution in [3.63, 3.8) is 0 Å². The van der Waals surface area contributed by atoms with E-state index >= 15 is 0 Å². The van der Waals surface area contributed by atoms with Crippen LogP contribution in [0.3, 0.4) is 0 Å². The van der Waals surface area contributed by atoms with Crippen LogP contribution in [-0.2, 0) is 0 Å². The Morgan fingerprint density at radius 3 is 1.75 bits per heavy atom. The largest absolute Gasteiger partial charge is 0.392 e. The van der Waals surface area contributed by atoms with Crippen LogP contribution in [-0.4, -0.2) is 35.0 Å². The van der Waals surface area contributed by atoms with Gasteiger partial charge in [-0.25, -0.2) is 0 Å². The molecule has 3 N–H and O–H groups in total. The van der Waals surface area contributed by atoms with Gasteiger partial charge in [-0.1, -0.05) is 64.7 Å². The zero-order valence-corrected chi connectivity index (χ0v) is 13.9. The van der Waals surface area contributed by atoms with Gasteiger partial charge in [-0.05, 0) is 20.3 Å². The monoisotopic (exact) mass is 287 g/mol. The summed E-state index contributed by atoms with van der Waals surface area (Å²) in [6.45, 7) is 6.41. The van der Waals surface area contributed by atoms with E-state index in [4.69, 9.17) is 0 Å². The third-order valence-electron chi connectivity index (χ3n) is 3.88. The number of hydrogen-bond donors (Lipinski definition) is 3. The van der Waals surface area contributed by atoms with Crippen LogP contribution in [0.5, 0.6) is 0 Å². The molecule has 0 saturated carbocycles. The zero-order valence-electron chi connectivity index (χ0n) is 13.9. The molecule has 0 radical (unpaired) electrons. The Bertz CT molecular complexity index is 195. The Balaban J connectivity index is 3.44. The quantitative estimate of drug-likeness (QED) is 0.428. The van der Waals surface area contributed by atoms with Crippen LogP contribution in [0.15, 0.2) is 0 Å². The maximum atomic E-state index is 9.70. The molecule has 0 aliphatic heterocycles. The molecule has 0 amide bonds. The first kappa shape index (κ1) is 19.9. The third-order valence-corrected chi connectivity index (χ3v) is 3.88. The average Bonchev–Trinajstić information content (AvgIpc) is 2.39. The van der Waals surface area contributed by atoms with Crippen LogP contribution in [0.1, 0.15) is 85.0 Å². The Kier molecular flexibility index (Phi) is 13.8. The average molecular weight is 287 g/mol. The molecule has 3 atom stereocenters. The van der Waals surface area contributed by atoms with Crippen molar-refractivity contribution in [2.24, 2.45) is 0 Å². The molecule has 0 aliphatic rings. The van der Waals surface area contributed by atoms with Gasteiger partial charge in [0, 0.05) is 12.6 Å². The van der Waals surface area contributed by atoms with Crippen LogP contribution in [0.25, 0.3) is 0 Å². The lowest BCUT2D eigenvalue weighted by Crippen LogP contribution is -2.41. The van der Waals surface area contributed by atoms with Gasteiger partial charge in [0.15, 0.2) is 0 Å². The molecule has 0 aliphatic carbocycles. The minimum Gasteiger partial charge on any atom is -0.392 e. The number of aliphatic hydroxyl groups excluding tert-OH is 2. The molecule has 3 unspecified atom stereocenters. The summed E-state index contributed by atoms with van der Waals surface area (Å²) in [6.07, 6.45) is 12.3. The molecule has 0 spiro atoms. The van der Waals surface area contributed by atoms with Gasteiger partial charge in [0.2, 0.25) is 0 Å². The lowest BCUT2D eigenvalue weighted by atomic mass is 10.0.